The molecule has 1 unspecified atom stereocenters. The Morgan fingerprint density at radius 1 is 1.24 bits per heavy atom. The van der Waals surface area contributed by atoms with Crippen LogP contribution in [-0.2, 0) is 10.0 Å². The third kappa shape index (κ3) is 3.57. The van der Waals surface area contributed by atoms with Crippen molar-refractivity contribution in [1.29, 1.82) is 0 Å². The van der Waals surface area contributed by atoms with Gasteiger partial charge in [-0.25, -0.2) is 8.42 Å². The third-order valence-electron chi connectivity index (χ3n) is 3.93. The SMILES string of the molecule is CCC(CO)N1CCN(S(=O)(=O)c2ccccc2Cl)CC1. The number of nitrogens with zero attached hydrogens (tertiary/aromatic N) is 2. The van der Waals surface area contributed by atoms with Crippen LogP contribution in [0.5, 0.6) is 0 Å². The summed E-state index contributed by atoms with van der Waals surface area (Å²) in [4.78, 5) is 2.30. The van der Waals surface area contributed by atoms with Gasteiger partial charge in [-0.1, -0.05) is 30.7 Å². The molecule has 0 bridgehead atoms. The fourth-order valence-corrected chi connectivity index (χ4v) is 4.52. The second kappa shape index (κ2) is 7.07. The predicted octanol–water partition coefficient (Wildman–Crippen LogP) is 1.42. The molecule has 0 aromatic heterocycles. The van der Waals surface area contributed by atoms with E-state index in [2.05, 4.69) is 4.90 Å². The van der Waals surface area contributed by atoms with Crippen LogP contribution < -0.4 is 0 Å². The molecule has 0 saturated carbocycles. The standard InChI is InChI=1S/C14H21ClN2O3S/c1-2-12(11-18)16-7-9-17(10-8-16)21(19,20)14-6-4-3-5-13(14)15/h3-6,12,18H,2,7-11H2,1H3. The molecule has 1 fully saturated rings. The second-order valence-corrected chi connectivity index (χ2v) is 7.43. The molecule has 1 aliphatic rings. The summed E-state index contributed by atoms with van der Waals surface area (Å²) < 4.78 is 26.7. The average molecular weight is 333 g/mol. The molecular weight excluding hydrogens is 312 g/mol. The lowest BCUT2D eigenvalue weighted by molar-refractivity contribution is 0.0881. The van der Waals surface area contributed by atoms with Crippen LogP contribution in [0.3, 0.4) is 0 Å². The molecule has 1 saturated heterocycles. The van der Waals surface area contributed by atoms with Crippen LogP contribution in [0.2, 0.25) is 5.02 Å². The predicted molar refractivity (Wildman–Crippen MR) is 82.9 cm³/mol. The lowest BCUT2D eigenvalue weighted by Gasteiger charge is -2.37. The van der Waals surface area contributed by atoms with Crippen molar-refractivity contribution in [2.24, 2.45) is 0 Å². The number of hydrogen-bond acceptors (Lipinski definition) is 4. The highest BCUT2D eigenvalue weighted by Gasteiger charge is 2.31. The van der Waals surface area contributed by atoms with Crippen molar-refractivity contribution >= 4 is 21.6 Å². The van der Waals surface area contributed by atoms with E-state index in [1.165, 1.54) is 10.4 Å². The molecule has 1 aromatic carbocycles. The van der Waals surface area contributed by atoms with Gasteiger partial charge in [0.2, 0.25) is 10.0 Å². The zero-order chi connectivity index (χ0) is 15.5. The van der Waals surface area contributed by atoms with Gasteiger partial charge in [0.25, 0.3) is 0 Å². The van der Waals surface area contributed by atoms with E-state index in [1.807, 2.05) is 6.92 Å². The van der Waals surface area contributed by atoms with Gasteiger partial charge < -0.3 is 5.11 Å². The van der Waals surface area contributed by atoms with E-state index in [0.717, 1.165) is 6.42 Å². The minimum Gasteiger partial charge on any atom is -0.395 e. The Morgan fingerprint density at radius 3 is 2.38 bits per heavy atom. The molecule has 5 nitrogen and oxygen atoms in total. The number of benzene rings is 1. The Balaban J connectivity index is 2.10. The van der Waals surface area contributed by atoms with Gasteiger partial charge in [-0.2, -0.15) is 4.31 Å². The number of rotatable bonds is 5. The number of piperazine rings is 1. The van der Waals surface area contributed by atoms with E-state index in [4.69, 9.17) is 11.6 Å². The molecule has 0 amide bonds. The highest BCUT2D eigenvalue weighted by Crippen LogP contribution is 2.25. The van der Waals surface area contributed by atoms with Crippen molar-refractivity contribution in [3.05, 3.63) is 29.3 Å². The van der Waals surface area contributed by atoms with Crippen molar-refractivity contribution in [2.45, 2.75) is 24.3 Å². The molecule has 0 aliphatic carbocycles. The summed E-state index contributed by atoms with van der Waals surface area (Å²) in [7, 11) is -3.54. The van der Waals surface area contributed by atoms with Gasteiger partial charge in [0, 0.05) is 32.2 Å². The quantitative estimate of drug-likeness (QED) is 0.886. The normalized spacial score (nSPS) is 19.6. The van der Waals surface area contributed by atoms with Gasteiger partial charge in [-0.15, -0.1) is 0 Å². The summed E-state index contributed by atoms with van der Waals surface area (Å²) in [6.07, 6.45) is 0.855. The molecule has 1 heterocycles. The largest absolute Gasteiger partial charge is 0.395 e. The number of hydrogen-bond donors (Lipinski definition) is 1. The highest BCUT2D eigenvalue weighted by molar-refractivity contribution is 7.89. The van der Waals surface area contributed by atoms with E-state index in [-0.39, 0.29) is 22.6 Å². The summed E-state index contributed by atoms with van der Waals surface area (Å²) in [6, 6.07) is 6.62. The molecule has 21 heavy (non-hydrogen) atoms. The molecule has 1 aromatic rings. The minimum absolute atomic E-state index is 0.105. The number of aliphatic hydroxyl groups excluding tert-OH is 1. The maximum absolute atomic E-state index is 12.6. The first-order chi connectivity index (χ1) is 10.0. The lowest BCUT2D eigenvalue weighted by atomic mass is 10.2. The molecular formula is C14H21ClN2O3S. The smallest absolute Gasteiger partial charge is 0.244 e. The molecule has 2 rings (SSSR count). The van der Waals surface area contributed by atoms with E-state index < -0.39 is 10.0 Å². The van der Waals surface area contributed by atoms with E-state index in [9.17, 15) is 13.5 Å². The third-order valence-corrected chi connectivity index (χ3v) is 6.32. The van der Waals surface area contributed by atoms with Gasteiger partial charge in [0.15, 0.2) is 0 Å². The van der Waals surface area contributed by atoms with Crippen LogP contribution >= 0.6 is 11.6 Å². The van der Waals surface area contributed by atoms with Crippen molar-refractivity contribution in [3.63, 3.8) is 0 Å². The highest BCUT2D eigenvalue weighted by atomic mass is 35.5. The molecule has 7 heteroatoms. The minimum atomic E-state index is -3.54. The zero-order valence-corrected chi connectivity index (χ0v) is 13.6. The van der Waals surface area contributed by atoms with Crippen LogP contribution in [0.25, 0.3) is 0 Å². The summed E-state index contributed by atoms with van der Waals surface area (Å²) in [6.45, 7) is 4.22. The number of aliphatic hydroxyl groups is 1. The molecule has 0 spiro atoms. The van der Waals surface area contributed by atoms with Crippen molar-refractivity contribution in [2.75, 3.05) is 32.8 Å². The summed E-state index contributed by atoms with van der Waals surface area (Å²) >= 11 is 6.00. The monoisotopic (exact) mass is 332 g/mol. The zero-order valence-electron chi connectivity index (χ0n) is 12.1. The fourth-order valence-electron chi connectivity index (χ4n) is 2.60. The van der Waals surface area contributed by atoms with Gasteiger partial charge in [0.1, 0.15) is 4.90 Å². The summed E-state index contributed by atoms with van der Waals surface area (Å²) in [5, 5.41) is 9.58. The van der Waals surface area contributed by atoms with Crippen molar-refractivity contribution in [3.8, 4) is 0 Å². The lowest BCUT2D eigenvalue weighted by Crippen LogP contribution is -2.52. The van der Waals surface area contributed by atoms with E-state index >= 15 is 0 Å². The van der Waals surface area contributed by atoms with E-state index in [1.54, 1.807) is 18.2 Å². The molecule has 1 atom stereocenters. The first-order valence-corrected chi connectivity index (χ1v) is 8.92. The first kappa shape index (κ1) is 16.7. The van der Waals surface area contributed by atoms with Gasteiger partial charge in [-0.3, -0.25) is 4.90 Å². The Bertz CT molecular complexity index is 567. The van der Waals surface area contributed by atoms with Crippen LogP contribution in [0.15, 0.2) is 29.2 Å². The number of halogens is 1. The van der Waals surface area contributed by atoms with Crippen molar-refractivity contribution in [1.82, 2.24) is 9.21 Å². The first-order valence-electron chi connectivity index (χ1n) is 7.10. The summed E-state index contributed by atoms with van der Waals surface area (Å²) in [5.41, 5.74) is 0. The summed E-state index contributed by atoms with van der Waals surface area (Å²) in [5.74, 6) is 0. The number of sulfonamides is 1. The molecule has 118 valence electrons. The van der Waals surface area contributed by atoms with Crippen molar-refractivity contribution < 1.29 is 13.5 Å². The van der Waals surface area contributed by atoms with Crippen LogP contribution in [0.4, 0.5) is 0 Å². The Morgan fingerprint density at radius 2 is 1.86 bits per heavy atom. The Labute approximate surface area is 131 Å². The molecule has 1 N–H and O–H groups in total. The van der Waals surface area contributed by atoms with Gasteiger partial charge in [0.05, 0.1) is 11.6 Å². The molecule has 0 radical (unpaired) electrons. The maximum atomic E-state index is 12.6. The van der Waals surface area contributed by atoms with Gasteiger partial charge in [-0.05, 0) is 18.6 Å². The van der Waals surface area contributed by atoms with Crippen LogP contribution in [0.1, 0.15) is 13.3 Å². The van der Waals surface area contributed by atoms with Gasteiger partial charge >= 0.3 is 0 Å². The van der Waals surface area contributed by atoms with E-state index in [0.29, 0.717) is 26.2 Å². The molecule has 1 aliphatic heterocycles. The maximum Gasteiger partial charge on any atom is 0.244 e. The second-order valence-electron chi connectivity index (χ2n) is 5.12. The topological polar surface area (TPSA) is 60.9 Å². The fraction of sp³-hybridized carbons (Fsp3) is 0.571. The van der Waals surface area contributed by atoms with Crippen LogP contribution in [-0.4, -0.2) is 61.6 Å². The average Bonchev–Trinajstić information content (AvgIpc) is 2.49. The Hall–Kier alpha value is -0.660. The van der Waals surface area contributed by atoms with Crippen LogP contribution in [0, 0.1) is 0 Å². The Kier molecular flexibility index (Phi) is 5.62.